The Bertz CT molecular complexity index is 781. The number of aromatic nitrogens is 4. The maximum atomic E-state index is 12.9. The molecule has 6 nitrogen and oxygen atoms in total. The number of hydrogen-bond donors (Lipinski definition) is 1. The Morgan fingerprint density at radius 3 is 2.77 bits per heavy atom. The van der Waals surface area contributed by atoms with Crippen molar-refractivity contribution in [1.82, 2.24) is 24.9 Å². The molecule has 1 aliphatic rings. The third kappa shape index (κ3) is 4.38. The Hall–Kier alpha value is -2.03. The van der Waals surface area contributed by atoms with Crippen molar-refractivity contribution < 1.29 is 18.0 Å². The summed E-state index contributed by atoms with van der Waals surface area (Å²) < 4.78 is 41.5. The van der Waals surface area contributed by atoms with Crippen LogP contribution < -0.4 is 5.32 Å². The van der Waals surface area contributed by atoms with Gasteiger partial charge in [-0.1, -0.05) is 11.6 Å². The van der Waals surface area contributed by atoms with Gasteiger partial charge in [-0.15, -0.1) is 0 Å². The summed E-state index contributed by atoms with van der Waals surface area (Å²) >= 11 is 5.78. The van der Waals surface area contributed by atoms with Crippen LogP contribution in [0.3, 0.4) is 0 Å². The molecule has 1 unspecified atom stereocenters. The molecule has 2 aromatic rings. The number of carbonyl (C=O) groups excluding carboxylic acids is 1. The number of nitrogens with one attached hydrogen (secondary N) is 1. The van der Waals surface area contributed by atoms with Gasteiger partial charge < -0.3 is 5.32 Å². The quantitative estimate of drug-likeness (QED) is 0.738. The second-order valence-corrected chi connectivity index (χ2v) is 6.85. The van der Waals surface area contributed by atoms with Crippen LogP contribution in [0.2, 0.25) is 5.02 Å². The zero-order chi connectivity index (χ0) is 18.9. The molecular weight excluding hydrogens is 371 g/mol. The summed E-state index contributed by atoms with van der Waals surface area (Å²) in [5.41, 5.74) is -0.226. The fraction of sp³-hybridized carbons (Fsp3) is 0.562. The van der Waals surface area contributed by atoms with Crippen LogP contribution in [0.5, 0.6) is 0 Å². The smallest absolute Gasteiger partial charge is 0.354 e. The van der Waals surface area contributed by atoms with Crippen molar-refractivity contribution in [3.63, 3.8) is 0 Å². The van der Waals surface area contributed by atoms with Gasteiger partial charge in [0.2, 0.25) is 5.91 Å². The molecule has 1 saturated carbocycles. The lowest BCUT2D eigenvalue weighted by molar-refractivity contribution is -0.141. The number of nitrogens with zero attached hydrogens (tertiary/aromatic N) is 4. The molecule has 1 fully saturated rings. The maximum absolute atomic E-state index is 12.9. The minimum atomic E-state index is -4.44. The highest BCUT2D eigenvalue weighted by atomic mass is 35.5. The number of halogens is 4. The van der Waals surface area contributed by atoms with Gasteiger partial charge >= 0.3 is 6.18 Å². The number of hydrogen-bond acceptors (Lipinski definition) is 3. The van der Waals surface area contributed by atoms with Gasteiger partial charge in [-0.25, -0.2) is 0 Å². The van der Waals surface area contributed by atoms with Gasteiger partial charge in [-0.2, -0.15) is 23.4 Å². The van der Waals surface area contributed by atoms with E-state index in [1.807, 2.05) is 0 Å². The molecule has 1 N–H and O–H groups in total. The SMILES string of the molecule is CC(C(=O)NCCCn1nc(C(F)(F)F)cc1C1CC1)n1cc(Cl)cn1. The molecule has 10 heteroatoms. The van der Waals surface area contributed by atoms with Crippen LogP contribution in [0, 0.1) is 0 Å². The summed E-state index contributed by atoms with van der Waals surface area (Å²) in [7, 11) is 0. The average Bonchev–Trinajstić information content (AvgIpc) is 3.17. The van der Waals surface area contributed by atoms with Gasteiger partial charge in [0.15, 0.2) is 5.69 Å². The Balaban J connectivity index is 1.52. The Morgan fingerprint density at radius 2 is 2.19 bits per heavy atom. The summed E-state index contributed by atoms with van der Waals surface area (Å²) in [6, 6.07) is 0.617. The lowest BCUT2D eigenvalue weighted by atomic mass is 10.2. The molecular formula is C16H19ClF3N5O. The molecule has 1 atom stereocenters. The molecule has 26 heavy (non-hydrogen) atoms. The molecule has 0 saturated heterocycles. The van der Waals surface area contributed by atoms with E-state index in [-0.39, 0.29) is 11.8 Å². The zero-order valence-corrected chi connectivity index (χ0v) is 14.9. The van der Waals surface area contributed by atoms with Gasteiger partial charge in [0, 0.05) is 30.9 Å². The van der Waals surface area contributed by atoms with Crippen molar-refractivity contribution in [1.29, 1.82) is 0 Å². The van der Waals surface area contributed by atoms with Gasteiger partial charge in [-0.3, -0.25) is 14.2 Å². The average molecular weight is 390 g/mol. The van der Waals surface area contributed by atoms with E-state index in [0.717, 1.165) is 18.9 Å². The lowest BCUT2D eigenvalue weighted by Gasteiger charge is -2.13. The monoisotopic (exact) mass is 389 g/mol. The predicted octanol–water partition coefficient (Wildman–Crippen LogP) is 3.40. The van der Waals surface area contributed by atoms with Crippen LogP contribution in [-0.2, 0) is 17.5 Å². The number of alkyl halides is 3. The van der Waals surface area contributed by atoms with Crippen molar-refractivity contribution >= 4 is 17.5 Å². The van der Waals surface area contributed by atoms with Gasteiger partial charge in [0.25, 0.3) is 0 Å². The molecule has 3 rings (SSSR count). The van der Waals surface area contributed by atoms with Crippen LogP contribution in [-0.4, -0.2) is 32.0 Å². The van der Waals surface area contributed by atoms with E-state index in [9.17, 15) is 18.0 Å². The third-order valence-electron chi connectivity index (χ3n) is 4.29. The molecule has 0 aliphatic heterocycles. The Kier molecular flexibility index (Phi) is 5.27. The fourth-order valence-corrected chi connectivity index (χ4v) is 2.84. The summed E-state index contributed by atoms with van der Waals surface area (Å²) in [6.07, 6.45) is 0.824. The first-order chi connectivity index (χ1) is 12.3. The molecule has 2 heterocycles. The third-order valence-corrected chi connectivity index (χ3v) is 4.48. The lowest BCUT2D eigenvalue weighted by Crippen LogP contribution is -2.32. The van der Waals surface area contributed by atoms with Crippen LogP contribution in [0.15, 0.2) is 18.5 Å². The van der Waals surface area contributed by atoms with Gasteiger partial charge in [-0.05, 0) is 32.3 Å². The molecule has 0 aromatic carbocycles. The van der Waals surface area contributed by atoms with Crippen LogP contribution in [0.4, 0.5) is 13.2 Å². The number of rotatable bonds is 7. The first kappa shape index (κ1) is 18.8. The minimum absolute atomic E-state index is 0.165. The molecule has 0 radical (unpaired) electrons. The van der Waals surface area contributed by atoms with Gasteiger partial charge in [0.1, 0.15) is 6.04 Å². The summed E-state index contributed by atoms with van der Waals surface area (Å²) in [4.78, 5) is 12.1. The number of aryl methyl sites for hydroxylation is 1. The normalized spacial score (nSPS) is 15.9. The molecule has 1 aliphatic carbocycles. The molecule has 0 bridgehead atoms. The molecule has 0 spiro atoms. The highest BCUT2D eigenvalue weighted by molar-refractivity contribution is 6.30. The number of carbonyl (C=O) groups is 1. The Labute approximate surface area is 153 Å². The van der Waals surface area contributed by atoms with E-state index in [0.29, 0.717) is 30.2 Å². The van der Waals surface area contributed by atoms with Crippen molar-refractivity contribution in [2.75, 3.05) is 6.54 Å². The van der Waals surface area contributed by atoms with Crippen molar-refractivity contribution in [2.24, 2.45) is 0 Å². The van der Waals surface area contributed by atoms with E-state index in [1.54, 1.807) is 13.1 Å². The topological polar surface area (TPSA) is 64.7 Å². The van der Waals surface area contributed by atoms with Gasteiger partial charge in [0.05, 0.1) is 11.2 Å². The first-order valence-corrected chi connectivity index (χ1v) is 8.76. The second-order valence-electron chi connectivity index (χ2n) is 6.41. The maximum Gasteiger partial charge on any atom is 0.435 e. The van der Waals surface area contributed by atoms with E-state index >= 15 is 0 Å². The second kappa shape index (κ2) is 7.30. The fourth-order valence-electron chi connectivity index (χ4n) is 2.69. The van der Waals surface area contributed by atoms with Crippen molar-refractivity contribution in [3.8, 4) is 0 Å². The highest BCUT2D eigenvalue weighted by Crippen LogP contribution is 2.42. The van der Waals surface area contributed by atoms with E-state index in [4.69, 9.17) is 11.6 Å². The van der Waals surface area contributed by atoms with Crippen molar-refractivity contribution in [3.05, 3.63) is 34.9 Å². The highest BCUT2D eigenvalue weighted by Gasteiger charge is 2.37. The predicted molar refractivity (Wildman–Crippen MR) is 88.8 cm³/mol. The molecule has 142 valence electrons. The van der Waals surface area contributed by atoms with Crippen LogP contribution in [0.25, 0.3) is 0 Å². The van der Waals surface area contributed by atoms with Crippen LogP contribution >= 0.6 is 11.6 Å². The minimum Gasteiger partial charge on any atom is -0.354 e. The molecule has 2 aromatic heterocycles. The van der Waals surface area contributed by atoms with Crippen molar-refractivity contribution in [2.45, 2.75) is 50.9 Å². The summed E-state index contributed by atoms with van der Waals surface area (Å²) in [5, 5.41) is 10.9. The summed E-state index contributed by atoms with van der Waals surface area (Å²) in [5.74, 6) is -0.0681. The Morgan fingerprint density at radius 1 is 1.46 bits per heavy atom. The van der Waals surface area contributed by atoms with Crippen LogP contribution in [0.1, 0.15) is 49.5 Å². The van der Waals surface area contributed by atoms with E-state index < -0.39 is 17.9 Å². The standard InChI is InChI=1S/C16H19ClF3N5O/c1-10(25-9-12(17)8-22-25)15(26)21-5-2-6-24-13(11-3-4-11)7-14(23-24)16(18,19)20/h7-11H,2-6H2,1H3,(H,21,26). The largest absolute Gasteiger partial charge is 0.435 e. The van der Waals surface area contributed by atoms with E-state index in [1.165, 1.54) is 15.6 Å². The van der Waals surface area contributed by atoms with E-state index in [2.05, 4.69) is 15.5 Å². The first-order valence-electron chi connectivity index (χ1n) is 8.38. The zero-order valence-electron chi connectivity index (χ0n) is 14.1. The summed E-state index contributed by atoms with van der Waals surface area (Å²) in [6.45, 7) is 2.35. The molecule has 1 amide bonds. The number of amides is 1.